The molecule has 164 valence electrons. The van der Waals surface area contributed by atoms with Gasteiger partial charge in [0.15, 0.2) is 0 Å². The normalized spacial score (nSPS) is 11.6. The average Bonchev–Trinajstić information content (AvgIpc) is 2.77. The van der Waals surface area contributed by atoms with E-state index in [-0.39, 0.29) is 10.6 Å². The van der Waals surface area contributed by atoms with Gasteiger partial charge in [0.25, 0.3) is 5.91 Å². The Balaban J connectivity index is 1.82. The predicted octanol–water partition coefficient (Wildman–Crippen LogP) is 4.32. The van der Waals surface area contributed by atoms with Crippen molar-refractivity contribution in [1.82, 2.24) is 4.72 Å². The van der Waals surface area contributed by atoms with Crippen molar-refractivity contribution in [3.05, 3.63) is 83.9 Å². The smallest absolute Gasteiger partial charge is 0.322 e. The van der Waals surface area contributed by atoms with Gasteiger partial charge in [0, 0.05) is 16.8 Å². The lowest BCUT2D eigenvalue weighted by molar-refractivity contribution is -0.121. The van der Waals surface area contributed by atoms with E-state index < -0.39 is 28.7 Å². The van der Waals surface area contributed by atoms with Gasteiger partial charge in [0.2, 0.25) is 10.0 Å². The third-order valence-electron chi connectivity index (χ3n) is 4.39. The first kappa shape index (κ1) is 23.0. The summed E-state index contributed by atoms with van der Waals surface area (Å²) >= 11 is 0. The minimum Gasteiger partial charge on any atom is -0.322 e. The van der Waals surface area contributed by atoms with Crippen molar-refractivity contribution in [1.29, 1.82) is 5.26 Å². The molecule has 0 aliphatic heterocycles. The Bertz CT molecular complexity index is 1280. The monoisotopic (exact) mass is 459 g/mol. The molecular weight excluding hydrogens is 443 g/mol. The molecule has 0 fully saturated rings. The topological polar surface area (TPSA) is 99.1 Å². The SMILES string of the molecule is N#Cc1ccccc1-c1ccccc1C(=O)Nc1ccc(S(=O)(=O)NCC(F)(F)F)cc1. The maximum absolute atomic E-state index is 12.9. The summed E-state index contributed by atoms with van der Waals surface area (Å²) in [7, 11) is -4.35. The van der Waals surface area contributed by atoms with Gasteiger partial charge in [0.05, 0.1) is 16.5 Å². The number of anilines is 1. The molecule has 3 aromatic rings. The number of alkyl halides is 3. The van der Waals surface area contributed by atoms with E-state index in [1.807, 2.05) is 0 Å². The zero-order valence-corrected chi connectivity index (χ0v) is 17.2. The van der Waals surface area contributed by atoms with Crippen LogP contribution in [0.4, 0.5) is 18.9 Å². The predicted molar refractivity (Wildman–Crippen MR) is 112 cm³/mol. The van der Waals surface area contributed by atoms with Crippen molar-refractivity contribution in [2.75, 3.05) is 11.9 Å². The fraction of sp³-hybridized carbons (Fsp3) is 0.0909. The number of rotatable bonds is 6. The zero-order valence-electron chi connectivity index (χ0n) is 16.3. The van der Waals surface area contributed by atoms with E-state index in [4.69, 9.17) is 0 Å². The van der Waals surface area contributed by atoms with Gasteiger partial charge < -0.3 is 5.32 Å². The van der Waals surface area contributed by atoms with Gasteiger partial charge in [-0.3, -0.25) is 4.79 Å². The summed E-state index contributed by atoms with van der Waals surface area (Å²) in [6, 6.07) is 20.3. The largest absolute Gasteiger partial charge is 0.402 e. The summed E-state index contributed by atoms with van der Waals surface area (Å²) in [6.07, 6.45) is -4.68. The molecule has 1 amide bonds. The van der Waals surface area contributed by atoms with Gasteiger partial charge in [-0.05, 0) is 42.0 Å². The molecule has 2 N–H and O–H groups in total. The van der Waals surface area contributed by atoms with Crippen LogP contribution in [-0.2, 0) is 10.0 Å². The maximum atomic E-state index is 12.9. The van der Waals surface area contributed by atoms with Crippen LogP contribution in [0.25, 0.3) is 11.1 Å². The number of halogens is 3. The summed E-state index contributed by atoms with van der Waals surface area (Å²) in [5.74, 6) is -0.501. The molecule has 0 spiro atoms. The minimum atomic E-state index is -4.68. The number of sulfonamides is 1. The molecule has 0 aliphatic rings. The van der Waals surface area contributed by atoms with Crippen LogP contribution < -0.4 is 10.0 Å². The number of hydrogen-bond acceptors (Lipinski definition) is 4. The van der Waals surface area contributed by atoms with E-state index in [1.165, 1.54) is 16.9 Å². The Morgan fingerprint density at radius 1 is 0.906 bits per heavy atom. The molecule has 10 heteroatoms. The molecule has 0 heterocycles. The lowest BCUT2D eigenvalue weighted by Gasteiger charge is -2.12. The van der Waals surface area contributed by atoms with Crippen molar-refractivity contribution < 1.29 is 26.4 Å². The first-order valence-electron chi connectivity index (χ1n) is 9.17. The van der Waals surface area contributed by atoms with Crippen molar-refractivity contribution in [3.8, 4) is 17.2 Å². The maximum Gasteiger partial charge on any atom is 0.402 e. The third-order valence-corrected chi connectivity index (χ3v) is 5.81. The van der Waals surface area contributed by atoms with Gasteiger partial charge in [0.1, 0.15) is 6.54 Å². The number of nitrogens with zero attached hydrogens (tertiary/aromatic N) is 1. The second-order valence-electron chi connectivity index (χ2n) is 6.62. The van der Waals surface area contributed by atoms with Crippen LogP contribution in [0.15, 0.2) is 77.7 Å². The molecule has 0 radical (unpaired) electrons. The standard InChI is InChI=1S/C22H16F3N3O3S/c23-22(24,25)14-27-32(30,31)17-11-9-16(10-12-17)28-21(29)20-8-4-3-7-19(20)18-6-2-1-5-15(18)13-26/h1-12,27H,14H2,(H,28,29). The van der Waals surface area contributed by atoms with Gasteiger partial charge in [-0.1, -0.05) is 36.4 Å². The highest BCUT2D eigenvalue weighted by Crippen LogP contribution is 2.27. The van der Waals surface area contributed by atoms with Gasteiger partial charge in [-0.25, -0.2) is 13.1 Å². The molecule has 0 aliphatic carbocycles. The lowest BCUT2D eigenvalue weighted by Crippen LogP contribution is -2.33. The van der Waals surface area contributed by atoms with Crippen LogP contribution in [0, 0.1) is 11.3 Å². The molecule has 3 rings (SSSR count). The molecule has 6 nitrogen and oxygen atoms in total. The second-order valence-corrected chi connectivity index (χ2v) is 8.39. The number of hydrogen-bond donors (Lipinski definition) is 2. The Kier molecular flexibility index (Phi) is 6.62. The molecule has 3 aromatic carbocycles. The van der Waals surface area contributed by atoms with Crippen LogP contribution in [0.5, 0.6) is 0 Å². The molecular formula is C22H16F3N3O3S. The van der Waals surface area contributed by atoms with E-state index >= 15 is 0 Å². The number of benzene rings is 3. The van der Waals surface area contributed by atoms with E-state index in [9.17, 15) is 31.6 Å². The molecule has 0 saturated carbocycles. The molecule has 0 atom stereocenters. The highest BCUT2D eigenvalue weighted by molar-refractivity contribution is 7.89. The fourth-order valence-corrected chi connectivity index (χ4v) is 3.92. The average molecular weight is 459 g/mol. The zero-order chi connectivity index (χ0) is 23.4. The molecule has 0 aromatic heterocycles. The summed E-state index contributed by atoms with van der Waals surface area (Å²) in [5.41, 5.74) is 2.05. The van der Waals surface area contributed by atoms with Crippen LogP contribution in [0.2, 0.25) is 0 Å². The quantitative estimate of drug-likeness (QED) is 0.574. The Morgan fingerprint density at radius 3 is 2.12 bits per heavy atom. The van der Waals surface area contributed by atoms with Crippen molar-refractivity contribution in [2.24, 2.45) is 0 Å². The van der Waals surface area contributed by atoms with Crippen LogP contribution in [-0.4, -0.2) is 27.0 Å². The first-order chi connectivity index (χ1) is 15.1. The number of amides is 1. The molecule has 0 unspecified atom stereocenters. The number of carbonyl (C=O) groups is 1. The van der Waals surface area contributed by atoms with Crippen molar-refractivity contribution >= 4 is 21.6 Å². The summed E-state index contributed by atoms with van der Waals surface area (Å²) in [6.45, 7) is -1.69. The van der Waals surface area contributed by atoms with Crippen LogP contribution in [0.1, 0.15) is 15.9 Å². The Hall–Kier alpha value is -3.68. The van der Waals surface area contributed by atoms with Crippen molar-refractivity contribution in [3.63, 3.8) is 0 Å². The highest BCUT2D eigenvalue weighted by atomic mass is 32.2. The third kappa shape index (κ3) is 5.51. The number of nitriles is 1. The molecule has 0 bridgehead atoms. The summed E-state index contributed by atoms with van der Waals surface area (Å²) < 4.78 is 62.3. The number of carbonyl (C=O) groups excluding carboxylic acids is 1. The van der Waals surface area contributed by atoms with Gasteiger partial charge in [-0.15, -0.1) is 0 Å². The summed E-state index contributed by atoms with van der Waals surface area (Å²) in [5, 5.41) is 12.0. The van der Waals surface area contributed by atoms with E-state index in [1.54, 1.807) is 48.5 Å². The van der Waals surface area contributed by atoms with Crippen LogP contribution >= 0.6 is 0 Å². The lowest BCUT2D eigenvalue weighted by atomic mass is 9.95. The van der Waals surface area contributed by atoms with Crippen molar-refractivity contribution in [2.45, 2.75) is 11.1 Å². The highest BCUT2D eigenvalue weighted by Gasteiger charge is 2.30. The van der Waals surface area contributed by atoms with E-state index in [0.717, 1.165) is 12.1 Å². The van der Waals surface area contributed by atoms with E-state index in [0.29, 0.717) is 22.3 Å². The molecule has 32 heavy (non-hydrogen) atoms. The molecule has 0 saturated heterocycles. The van der Waals surface area contributed by atoms with Gasteiger partial charge in [-0.2, -0.15) is 18.4 Å². The minimum absolute atomic E-state index is 0.244. The number of nitrogens with one attached hydrogen (secondary N) is 2. The van der Waals surface area contributed by atoms with E-state index in [2.05, 4.69) is 11.4 Å². The Morgan fingerprint density at radius 2 is 1.50 bits per heavy atom. The Labute approximate surface area is 182 Å². The van der Waals surface area contributed by atoms with Gasteiger partial charge >= 0.3 is 6.18 Å². The second kappa shape index (κ2) is 9.21. The summed E-state index contributed by atoms with van der Waals surface area (Å²) in [4.78, 5) is 12.5. The fourth-order valence-electron chi connectivity index (χ4n) is 2.91. The first-order valence-corrected chi connectivity index (χ1v) is 10.7. The van der Waals surface area contributed by atoms with Crippen LogP contribution in [0.3, 0.4) is 0 Å².